The van der Waals surface area contributed by atoms with E-state index in [0.29, 0.717) is 10.8 Å². The van der Waals surface area contributed by atoms with Crippen LogP contribution in [0.3, 0.4) is 0 Å². The van der Waals surface area contributed by atoms with E-state index < -0.39 is 0 Å². The summed E-state index contributed by atoms with van der Waals surface area (Å²) < 4.78 is 5.11. The van der Waals surface area contributed by atoms with E-state index in [9.17, 15) is 9.59 Å². The van der Waals surface area contributed by atoms with Gasteiger partial charge in [0.15, 0.2) is 10.9 Å². The Hall–Kier alpha value is -3.88. The summed E-state index contributed by atoms with van der Waals surface area (Å²) in [5.41, 5.74) is 2.48. The predicted molar refractivity (Wildman–Crippen MR) is 138 cm³/mol. The number of furan rings is 1. The summed E-state index contributed by atoms with van der Waals surface area (Å²) >= 11 is 2.78. The molecule has 0 atom stereocenters. The predicted octanol–water partition coefficient (Wildman–Crippen LogP) is 6.54. The number of rotatable bonds is 7. The number of thioether (sulfide) groups is 1. The van der Waals surface area contributed by atoms with Crippen LogP contribution in [0.1, 0.15) is 10.6 Å². The molecule has 2 amide bonds. The Morgan fingerprint density at radius 2 is 1.79 bits per heavy atom. The lowest BCUT2D eigenvalue weighted by molar-refractivity contribution is -0.113. The molecule has 0 spiro atoms. The maximum absolute atomic E-state index is 12.5. The van der Waals surface area contributed by atoms with Gasteiger partial charge in [0.25, 0.3) is 5.91 Å². The normalized spacial score (nSPS) is 10.8. The van der Waals surface area contributed by atoms with Gasteiger partial charge in [-0.15, -0.1) is 23.1 Å². The molecule has 6 nitrogen and oxygen atoms in total. The van der Waals surface area contributed by atoms with Gasteiger partial charge in [0, 0.05) is 21.5 Å². The maximum Gasteiger partial charge on any atom is 0.291 e. The lowest BCUT2D eigenvalue weighted by Crippen LogP contribution is -2.14. The molecule has 0 radical (unpaired) electrons. The van der Waals surface area contributed by atoms with Crippen molar-refractivity contribution >= 4 is 56.5 Å². The molecular weight excluding hydrogens is 466 g/mol. The zero-order valence-electron chi connectivity index (χ0n) is 17.9. The van der Waals surface area contributed by atoms with Crippen molar-refractivity contribution in [3.8, 4) is 11.3 Å². The highest BCUT2D eigenvalue weighted by Gasteiger charge is 2.11. The fraction of sp³-hybridized carbons (Fsp3) is 0.0385. The Kier molecular flexibility index (Phi) is 6.42. The molecule has 2 aromatic heterocycles. The Morgan fingerprint density at radius 1 is 0.912 bits per heavy atom. The molecule has 0 unspecified atom stereocenters. The minimum Gasteiger partial charge on any atom is -0.459 e. The molecule has 0 saturated carbocycles. The molecule has 2 heterocycles. The Morgan fingerprint density at radius 3 is 2.65 bits per heavy atom. The third kappa shape index (κ3) is 5.19. The number of aromatic nitrogens is 1. The van der Waals surface area contributed by atoms with Gasteiger partial charge in [-0.2, -0.15) is 0 Å². The summed E-state index contributed by atoms with van der Waals surface area (Å²) in [6, 6.07) is 25.0. The smallest absolute Gasteiger partial charge is 0.291 e. The van der Waals surface area contributed by atoms with Crippen molar-refractivity contribution < 1.29 is 14.0 Å². The number of nitrogens with one attached hydrogen (secondary N) is 2. The van der Waals surface area contributed by atoms with E-state index in [1.54, 1.807) is 18.2 Å². The largest absolute Gasteiger partial charge is 0.459 e. The maximum atomic E-state index is 12.5. The molecule has 0 aliphatic rings. The third-order valence-electron chi connectivity index (χ3n) is 5.00. The summed E-state index contributed by atoms with van der Waals surface area (Å²) in [5.74, 6) is -0.00485. The molecule has 0 aliphatic heterocycles. The molecule has 168 valence electrons. The molecule has 34 heavy (non-hydrogen) atoms. The Balaban J connectivity index is 1.17. The van der Waals surface area contributed by atoms with E-state index in [1.165, 1.54) is 34.7 Å². The van der Waals surface area contributed by atoms with Crippen molar-refractivity contribution in [2.24, 2.45) is 0 Å². The molecule has 5 rings (SSSR count). The van der Waals surface area contributed by atoms with Crippen LogP contribution in [0.4, 0.5) is 10.8 Å². The second-order valence-corrected chi connectivity index (χ2v) is 9.30. The van der Waals surface area contributed by atoms with Crippen molar-refractivity contribution in [2.75, 3.05) is 16.4 Å². The second-order valence-electron chi connectivity index (χ2n) is 7.40. The third-order valence-corrected chi connectivity index (χ3v) is 6.75. The van der Waals surface area contributed by atoms with Crippen molar-refractivity contribution in [3.63, 3.8) is 0 Å². The van der Waals surface area contributed by atoms with Crippen molar-refractivity contribution in [1.82, 2.24) is 4.98 Å². The summed E-state index contributed by atoms with van der Waals surface area (Å²) in [4.78, 5) is 30.1. The highest BCUT2D eigenvalue weighted by atomic mass is 32.2. The first-order valence-corrected chi connectivity index (χ1v) is 12.3. The number of carbonyl (C=O) groups is 2. The standard InChI is InChI=1S/C26H19N3O3S2/c30-24(16-33-21-8-3-7-20(14-21)27-25(31)23-9-4-12-32-23)29-26-28-22(15-34-26)19-11-10-17-5-1-2-6-18(17)13-19/h1-15H,16H2,(H,27,31)(H,28,29,30). The van der Waals surface area contributed by atoms with E-state index in [1.807, 2.05) is 41.8 Å². The van der Waals surface area contributed by atoms with Gasteiger partial charge in [0.2, 0.25) is 5.91 Å². The average Bonchev–Trinajstić information content (AvgIpc) is 3.56. The highest BCUT2D eigenvalue weighted by Crippen LogP contribution is 2.28. The molecule has 0 aliphatic carbocycles. The van der Waals surface area contributed by atoms with Gasteiger partial charge in [-0.25, -0.2) is 4.98 Å². The van der Waals surface area contributed by atoms with Crippen molar-refractivity contribution in [3.05, 3.63) is 96.3 Å². The number of fused-ring (bicyclic) bond motifs is 1. The van der Waals surface area contributed by atoms with Crippen LogP contribution in [0.5, 0.6) is 0 Å². The van der Waals surface area contributed by atoms with Gasteiger partial charge in [0.05, 0.1) is 17.7 Å². The van der Waals surface area contributed by atoms with Crippen LogP contribution in [0.15, 0.2) is 99.8 Å². The van der Waals surface area contributed by atoms with Gasteiger partial charge < -0.3 is 15.1 Å². The van der Waals surface area contributed by atoms with Crippen LogP contribution in [-0.4, -0.2) is 22.6 Å². The fourth-order valence-electron chi connectivity index (χ4n) is 3.38. The molecule has 2 N–H and O–H groups in total. The Bertz CT molecular complexity index is 1460. The van der Waals surface area contributed by atoms with Gasteiger partial charge >= 0.3 is 0 Å². The summed E-state index contributed by atoms with van der Waals surface area (Å²) in [5, 5.41) is 10.5. The Labute approximate surface area is 204 Å². The zero-order valence-corrected chi connectivity index (χ0v) is 19.5. The van der Waals surface area contributed by atoms with E-state index in [-0.39, 0.29) is 23.3 Å². The first-order chi connectivity index (χ1) is 16.6. The molecular formula is C26H19N3O3S2. The van der Waals surface area contributed by atoms with Gasteiger partial charge in [0.1, 0.15) is 0 Å². The van der Waals surface area contributed by atoms with E-state index in [0.717, 1.165) is 21.5 Å². The number of amides is 2. The number of nitrogens with zero attached hydrogens (tertiary/aromatic N) is 1. The number of benzene rings is 3. The molecule has 5 aromatic rings. The molecule has 0 fully saturated rings. The van der Waals surface area contributed by atoms with Crippen LogP contribution in [0, 0.1) is 0 Å². The first kappa shape index (κ1) is 21.9. The van der Waals surface area contributed by atoms with Gasteiger partial charge in [-0.3, -0.25) is 9.59 Å². The molecule has 3 aromatic carbocycles. The van der Waals surface area contributed by atoms with E-state index in [2.05, 4.69) is 39.9 Å². The zero-order chi connectivity index (χ0) is 23.3. The number of hydrogen-bond donors (Lipinski definition) is 2. The van der Waals surface area contributed by atoms with Crippen LogP contribution in [0.25, 0.3) is 22.0 Å². The van der Waals surface area contributed by atoms with Crippen LogP contribution in [-0.2, 0) is 4.79 Å². The average molecular weight is 486 g/mol. The summed E-state index contributed by atoms with van der Waals surface area (Å²) in [7, 11) is 0. The topological polar surface area (TPSA) is 84.2 Å². The van der Waals surface area contributed by atoms with Gasteiger partial charge in [-0.1, -0.05) is 42.5 Å². The molecule has 8 heteroatoms. The van der Waals surface area contributed by atoms with Gasteiger partial charge in [-0.05, 0) is 47.2 Å². The number of hydrogen-bond acceptors (Lipinski definition) is 6. The lowest BCUT2D eigenvalue weighted by Gasteiger charge is -2.06. The molecule has 0 bridgehead atoms. The SMILES string of the molecule is O=C(CSc1cccc(NC(=O)c2ccco2)c1)Nc1nc(-c2ccc3ccccc3c2)cs1. The van der Waals surface area contributed by atoms with Crippen LogP contribution in [0.2, 0.25) is 0 Å². The van der Waals surface area contributed by atoms with E-state index in [4.69, 9.17) is 4.42 Å². The first-order valence-electron chi connectivity index (χ1n) is 10.5. The number of thiazole rings is 1. The lowest BCUT2D eigenvalue weighted by atomic mass is 10.1. The minimum atomic E-state index is -0.323. The highest BCUT2D eigenvalue weighted by molar-refractivity contribution is 8.00. The summed E-state index contributed by atoms with van der Waals surface area (Å²) in [6.07, 6.45) is 1.45. The van der Waals surface area contributed by atoms with Crippen molar-refractivity contribution in [1.29, 1.82) is 0 Å². The van der Waals surface area contributed by atoms with Crippen LogP contribution >= 0.6 is 23.1 Å². The van der Waals surface area contributed by atoms with E-state index >= 15 is 0 Å². The van der Waals surface area contributed by atoms with Crippen molar-refractivity contribution in [2.45, 2.75) is 4.90 Å². The fourth-order valence-corrected chi connectivity index (χ4v) is 4.87. The number of anilines is 2. The monoisotopic (exact) mass is 485 g/mol. The second kappa shape index (κ2) is 9.94. The summed E-state index contributed by atoms with van der Waals surface area (Å²) in [6.45, 7) is 0. The number of carbonyl (C=O) groups excluding carboxylic acids is 2. The minimum absolute atomic E-state index is 0.144. The quantitative estimate of drug-likeness (QED) is 0.256. The molecule has 0 saturated heterocycles. The van der Waals surface area contributed by atoms with Crippen LogP contribution < -0.4 is 10.6 Å².